The molecule has 0 aliphatic heterocycles. The topological polar surface area (TPSA) is 215 Å². The number of rotatable bonds is 6. The molecule has 172 valence electrons. The maximum atomic E-state index is 13.2. The van der Waals surface area contributed by atoms with Gasteiger partial charge >= 0.3 is 0 Å². The van der Waals surface area contributed by atoms with Crippen molar-refractivity contribution in [3.05, 3.63) is 36.7 Å². The number of aromatic nitrogens is 6. The van der Waals surface area contributed by atoms with Crippen LogP contribution in [0.15, 0.2) is 46.5 Å². The van der Waals surface area contributed by atoms with Crippen LogP contribution >= 0.6 is 0 Å². The fraction of sp³-hybridized carbons (Fsp3) is 0.222. The quantitative estimate of drug-likeness (QED) is 0.242. The van der Waals surface area contributed by atoms with Gasteiger partial charge in [0, 0.05) is 17.6 Å². The Kier molecular flexibility index (Phi) is 5.02. The van der Waals surface area contributed by atoms with Gasteiger partial charge in [-0.05, 0) is 35.8 Å². The molecule has 1 fully saturated rings. The SMILES string of the molecule is NS(=O)(=O)c1c(S(=O)(=O)N[C@H]2C[C@H](N)C2)ccc(-c2cccc3[nH]cnc23)c1-c1nn[nH]n1. The lowest BCUT2D eigenvalue weighted by Crippen LogP contribution is -2.50. The molecule has 2 heterocycles. The van der Waals surface area contributed by atoms with Crippen LogP contribution in [0.1, 0.15) is 12.8 Å². The second-order valence-electron chi connectivity index (χ2n) is 7.75. The number of nitrogens with two attached hydrogens (primary N) is 2. The highest BCUT2D eigenvalue weighted by Gasteiger charge is 2.36. The van der Waals surface area contributed by atoms with E-state index in [2.05, 4.69) is 35.3 Å². The van der Waals surface area contributed by atoms with Gasteiger partial charge in [0.25, 0.3) is 0 Å². The highest BCUT2D eigenvalue weighted by molar-refractivity contribution is 7.92. The third-order valence-corrected chi connectivity index (χ3v) is 8.19. The first-order valence-electron chi connectivity index (χ1n) is 9.79. The summed E-state index contributed by atoms with van der Waals surface area (Å²) in [5.41, 5.74) is 7.74. The molecule has 0 radical (unpaired) electrons. The van der Waals surface area contributed by atoms with E-state index in [0.29, 0.717) is 35.0 Å². The normalized spacial score (nSPS) is 19.0. The first-order valence-corrected chi connectivity index (χ1v) is 12.8. The van der Waals surface area contributed by atoms with Crippen LogP contribution in [-0.2, 0) is 20.0 Å². The van der Waals surface area contributed by atoms with Gasteiger partial charge in [-0.25, -0.2) is 31.7 Å². The number of sulfonamides is 2. The van der Waals surface area contributed by atoms with Crippen molar-refractivity contribution in [2.75, 3.05) is 0 Å². The molecule has 2 aromatic heterocycles. The zero-order chi connectivity index (χ0) is 23.4. The fourth-order valence-electron chi connectivity index (χ4n) is 4.00. The Hall–Kier alpha value is -3.24. The van der Waals surface area contributed by atoms with Crippen molar-refractivity contribution in [2.24, 2.45) is 10.9 Å². The van der Waals surface area contributed by atoms with Crippen LogP contribution in [0.4, 0.5) is 0 Å². The number of benzene rings is 2. The first-order chi connectivity index (χ1) is 15.6. The van der Waals surface area contributed by atoms with E-state index in [1.807, 2.05) is 0 Å². The Morgan fingerprint density at radius 1 is 1.06 bits per heavy atom. The van der Waals surface area contributed by atoms with E-state index in [4.69, 9.17) is 10.9 Å². The Balaban J connectivity index is 1.81. The van der Waals surface area contributed by atoms with E-state index in [1.165, 1.54) is 18.5 Å². The molecule has 0 amide bonds. The molecule has 0 bridgehead atoms. The predicted octanol–water partition coefficient (Wildman–Crippen LogP) is -0.175. The molecule has 4 aromatic rings. The maximum absolute atomic E-state index is 13.2. The van der Waals surface area contributed by atoms with Crippen molar-refractivity contribution in [3.8, 4) is 22.5 Å². The van der Waals surface area contributed by atoms with E-state index in [0.717, 1.165) is 0 Å². The fourth-order valence-corrected chi connectivity index (χ4v) is 6.86. The summed E-state index contributed by atoms with van der Waals surface area (Å²) >= 11 is 0. The van der Waals surface area contributed by atoms with Crippen LogP contribution in [0.25, 0.3) is 33.5 Å². The van der Waals surface area contributed by atoms with Gasteiger partial charge in [0.15, 0.2) is 0 Å². The molecule has 2 aromatic carbocycles. The van der Waals surface area contributed by atoms with Crippen LogP contribution < -0.4 is 15.6 Å². The van der Waals surface area contributed by atoms with Crippen molar-refractivity contribution in [1.82, 2.24) is 35.3 Å². The number of hydrogen-bond donors (Lipinski definition) is 5. The third kappa shape index (κ3) is 3.79. The minimum absolute atomic E-state index is 0.102. The standard InChI is InChI=1S/C18H19N9O4S2/c19-9-6-10(7-9)25-33(30,31)14-5-4-11(12-2-1-3-13-16(12)22-8-21-13)15(17(14)32(20,28)29)18-23-26-27-24-18/h1-5,8-10,25H,6-7,19H2,(H,21,22)(H2,20,28,29)(H,23,24,26,27)/t9-,10-. The van der Waals surface area contributed by atoms with Crippen molar-refractivity contribution in [1.29, 1.82) is 0 Å². The van der Waals surface area contributed by atoms with E-state index >= 15 is 0 Å². The second-order valence-corrected chi connectivity index (χ2v) is 10.9. The molecule has 13 nitrogen and oxygen atoms in total. The molecule has 0 atom stereocenters. The zero-order valence-electron chi connectivity index (χ0n) is 16.9. The highest BCUT2D eigenvalue weighted by atomic mass is 32.2. The summed E-state index contributed by atoms with van der Waals surface area (Å²) in [6, 6.07) is 7.43. The largest absolute Gasteiger partial charge is 0.345 e. The molecule has 0 saturated heterocycles. The van der Waals surface area contributed by atoms with Crippen LogP contribution in [0, 0.1) is 0 Å². The molecule has 7 N–H and O–H groups in total. The Morgan fingerprint density at radius 3 is 2.52 bits per heavy atom. The monoisotopic (exact) mass is 489 g/mol. The molecule has 1 aliphatic carbocycles. The number of para-hydroxylation sites is 1. The van der Waals surface area contributed by atoms with Gasteiger partial charge in [0.2, 0.25) is 25.9 Å². The minimum Gasteiger partial charge on any atom is -0.345 e. The summed E-state index contributed by atoms with van der Waals surface area (Å²) in [6.45, 7) is 0. The lowest BCUT2D eigenvalue weighted by molar-refractivity contribution is 0.327. The number of nitrogens with zero attached hydrogens (tertiary/aromatic N) is 4. The van der Waals surface area contributed by atoms with Crippen molar-refractivity contribution in [2.45, 2.75) is 34.7 Å². The Morgan fingerprint density at radius 2 is 1.85 bits per heavy atom. The lowest BCUT2D eigenvalue weighted by Gasteiger charge is -2.32. The Labute approximate surface area is 188 Å². The highest BCUT2D eigenvalue weighted by Crippen LogP contribution is 2.40. The van der Waals surface area contributed by atoms with Crippen molar-refractivity contribution >= 4 is 31.1 Å². The second kappa shape index (κ2) is 7.67. The molecule has 0 unspecified atom stereocenters. The van der Waals surface area contributed by atoms with Crippen LogP contribution in [0.2, 0.25) is 0 Å². The summed E-state index contributed by atoms with van der Waals surface area (Å²) in [6.07, 6.45) is 2.39. The molecule has 5 rings (SSSR count). The van der Waals surface area contributed by atoms with E-state index in [9.17, 15) is 16.8 Å². The molecule has 0 spiro atoms. The number of nitrogens with one attached hydrogen (secondary N) is 3. The van der Waals surface area contributed by atoms with E-state index in [1.54, 1.807) is 18.2 Å². The van der Waals surface area contributed by atoms with E-state index in [-0.39, 0.29) is 17.4 Å². The van der Waals surface area contributed by atoms with Gasteiger partial charge in [-0.2, -0.15) is 5.21 Å². The van der Waals surface area contributed by atoms with Crippen LogP contribution in [0.3, 0.4) is 0 Å². The molecular weight excluding hydrogens is 470 g/mol. The van der Waals surface area contributed by atoms with Crippen molar-refractivity contribution < 1.29 is 16.8 Å². The number of hydrogen-bond acceptors (Lipinski definition) is 9. The average molecular weight is 490 g/mol. The molecule has 1 aliphatic rings. The summed E-state index contributed by atoms with van der Waals surface area (Å²) in [4.78, 5) is 6.14. The van der Waals surface area contributed by atoms with Gasteiger partial charge in [-0.3, -0.25) is 0 Å². The smallest absolute Gasteiger partial charge is 0.242 e. The average Bonchev–Trinajstić information content (AvgIpc) is 3.42. The van der Waals surface area contributed by atoms with E-state index < -0.39 is 35.9 Å². The predicted molar refractivity (Wildman–Crippen MR) is 117 cm³/mol. The summed E-state index contributed by atoms with van der Waals surface area (Å²) < 4.78 is 54.5. The van der Waals surface area contributed by atoms with Crippen LogP contribution in [0.5, 0.6) is 0 Å². The number of tetrazole rings is 1. The Bertz CT molecular complexity index is 1560. The van der Waals surface area contributed by atoms with Gasteiger partial charge < -0.3 is 10.7 Å². The maximum Gasteiger partial charge on any atom is 0.242 e. The summed E-state index contributed by atoms with van der Waals surface area (Å²) in [5.74, 6) is -0.135. The molecule has 33 heavy (non-hydrogen) atoms. The lowest BCUT2D eigenvalue weighted by atomic mass is 9.89. The van der Waals surface area contributed by atoms with Crippen molar-refractivity contribution in [3.63, 3.8) is 0 Å². The molecule has 15 heteroatoms. The molecular formula is C18H19N9O4S2. The zero-order valence-corrected chi connectivity index (χ0v) is 18.6. The minimum atomic E-state index is -4.57. The number of H-pyrrole nitrogens is 2. The van der Waals surface area contributed by atoms with Crippen LogP contribution in [-0.4, -0.2) is 59.5 Å². The van der Waals surface area contributed by atoms with Gasteiger partial charge in [0.1, 0.15) is 9.79 Å². The number of imidazole rings is 1. The van der Waals surface area contributed by atoms with Gasteiger partial charge in [0.05, 0.1) is 22.9 Å². The first kappa shape index (κ1) is 21.6. The molecule has 1 saturated carbocycles. The van der Waals surface area contributed by atoms with Gasteiger partial charge in [-0.1, -0.05) is 18.2 Å². The number of primary sulfonamides is 1. The number of fused-ring (bicyclic) bond motifs is 1. The summed E-state index contributed by atoms with van der Waals surface area (Å²) in [5, 5.41) is 19.1. The summed E-state index contributed by atoms with van der Waals surface area (Å²) in [7, 11) is -8.85. The third-order valence-electron chi connectivity index (χ3n) is 5.50. The number of aromatic amines is 2. The van der Waals surface area contributed by atoms with Gasteiger partial charge in [-0.15, -0.1) is 10.2 Å².